The summed E-state index contributed by atoms with van der Waals surface area (Å²) in [5.74, 6) is 0. The Morgan fingerprint density at radius 1 is 1.21 bits per heavy atom. The second-order valence-electron chi connectivity index (χ2n) is 4.42. The van der Waals surface area contributed by atoms with Crippen molar-refractivity contribution in [1.29, 1.82) is 0 Å². The third-order valence-corrected chi connectivity index (χ3v) is 3.42. The minimum Gasteiger partial charge on any atom is -0.304 e. The lowest BCUT2D eigenvalue weighted by Gasteiger charge is -2.15. The third-order valence-electron chi connectivity index (χ3n) is 2.85. The van der Waals surface area contributed by atoms with Gasteiger partial charge in [-0.2, -0.15) is 0 Å². The van der Waals surface area contributed by atoms with Gasteiger partial charge in [-0.05, 0) is 31.5 Å². The van der Waals surface area contributed by atoms with Crippen LogP contribution in [0, 0.1) is 6.92 Å². The molecule has 1 heterocycles. The average Bonchev–Trinajstić information content (AvgIpc) is 2.37. The zero-order valence-electron chi connectivity index (χ0n) is 10.8. The summed E-state index contributed by atoms with van der Waals surface area (Å²) in [5, 5.41) is 4.68. The van der Waals surface area contributed by atoms with Gasteiger partial charge in [0.2, 0.25) is 0 Å². The molecule has 1 aromatic heterocycles. The first-order valence-corrected chi connectivity index (χ1v) is 6.77. The van der Waals surface area contributed by atoms with Crippen molar-refractivity contribution in [3.8, 4) is 0 Å². The molecule has 0 fully saturated rings. The maximum absolute atomic E-state index is 6.17. The number of aromatic nitrogens is 2. The molecule has 0 amide bonds. The van der Waals surface area contributed by atoms with E-state index in [4.69, 9.17) is 23.2 Å². The molecule has 1 unspecified atom stereocenters. The number of nitrogens with one attached hydrogen (secondary N) is 1. The fourth-order valence-corrected chi connectivity index (χ4v) is 2.30. The molecule has 1 atom stereocenters. The highest BCUT2D eigenvalue weighted by Gasteiger charge is 2.09. The molecule has 0 aliphatic heterocycles. The number of hydrogen-bond acceptors (Lipinski definition) is 3. The molecule has 0 bridgehead atoms. The predicted molar refractivity (Wildman–Crippen MR) is 78.5 cm³/mol. The Balaban J connectivity index is 2.01. The summed E-state index contributed by atoms with van der Waals surface area (Å²) in [6, 6.07) is 5.64. The zero-order valence-corrected chi connectivity index (χ0v) is 12.3. The van der Waals surface area contributed by atoms with Crippen LogP contribution in [0.3, 0.4) is 0 Å². The third kappa shape index (κ3) is 3.90. The topological polar surface area (TPSA) is 37.8 Å². The van der Waals surface area contributed by atoms with E-state index in [2.05, 4.69) is 22.2 Å². The highest BCUT2D eigenvalue weighted by Crippen LogP contribution is 2.26. The molecule has 0 radical (unpaired) electrons. The van der Waals surface area contributed by atoms with Gasteiger partial charge in [0, 0.05) is 35.0 Å². The van der Waals surface area contributed by atoms with Crippen LogP contribution in [0.25, 0.3) is 0 Å². The van der Waals surface area contributed by atoms with Crippen molar-refractivity contribution in [2.45, 2.75) is 26.4 Å². The standard InChI is InChI=1S/C14H15Cl2N3/c1-9-6-19-12(7-17-9)8-18-10(2)13-4-3-11(15)5-14(13)16/h3-7,10,18H,8H2,1-2H3. The molecular weight excluding hydrogens is 281 g/mol. The molecule has 0 aliphatic rings. The van der Waals surface area contributed by atoms with Gasteiger partial charge in [0.15, 0.2) is 0 Å². The van der Waals surface area contributed by atoms with E-state index in [9.17, 15) is 0 Å². The molecule has 0 aliphatic carbocycles. The molecule has 2 rings (SSSR count). The quantitative estimate of drug-likeness (QED) is 0.928. The number of benzene rings is 1. The molecule has 1 N–H and O–H groups in total. The van der Waals surface area contributed by atoms with Gasteiger partial charge >= 0.3 is 0 Å². The van der Waals surface area contributed by atoms with Gasteiger partial charge in [-0.3, -0.25) is 9.97 Å². The fraction of sp³-hybridized carbons (Fsp3) is 0.286. The molecule has 100 valence electrons. The Morgan fingerprint density at radius 2 is 2.00 bits per heavy atom. The Labute approximate surface area is 123 Å². The van der Waals surface area contributed by atoms with Crippen LogP contribution in [-0.2, 0) is 6.54 Å². The number of aryl methyl sites for hydroxylation is 1. The highest BCUT2D eigenvalue weighted by molar-refractivity contribution is 6.35. The molecule has 19 heavy (non-hydrogen) atoms. The molecule has 0 spiro atoms. The van der Waals surface area contributed by atoms with E-state index in [0.29, 0.717) is 16.6 Å². The van der Waals surface area contributed by atoms with Gasteiger partial charge in [-0.25, -0.2) is 0 Å². The van der Waals surface area contributed by atoms with Crippen LogP contribution in [0.5, 0.6) is 0 Å². The van der Waals surface area contributed by atoms with Crippen LogP contribution >= 0.6 is 23.2 Å². The van der Waals surface area contributed by atoms with Crippen molar-refractivity contribution in [2.75, 3.05) is 0 Å². The average molecular weight is 296 g/mol. The maximum atomic E-state index is 6.17. The summed E-state index contributed by atoms with van der Waals surface area (Å²) in [6.45, 7) is 4.62. The van der Waals surface area contributed by atoms with Gasteiger partial charge < -0.3 is 5.32 Å². The van der Waals surface area contributed by atoms with Gasteiger partial charge in [0.05, 0.1) is 11.4 Å². The second kappa shape index (κ2) is 6.33. The van der Waals surface area contributed by atoms with Crippen molar-refractivity contribution >= 4 is 23.2 Å². The Morgan fingerprint density at radius 3 is 2.63 bits per heavy atom. The smallest absolute Gasteiger partial charge is 0.0724 e. The highest BCUT2D eigenvalue weighted by atomic mass is 35.5. The first-order valence-electron chi connectivity index (χ1n) is 6.02. The Hall–Kier alpha value is -1.16. The van der Waals surface area contributed by atoms with Crippen molar-refractivity contribution in [3.63, 3.8) is 0 Å². The van der Waals surface area contributed by atoms with Crippen LogP contribution in [0.15, 0.2) is 30.6 Å². The monoisotopic (exact) mass is 295 g/mol. The predicted octanol–water partition coefficient (Wildman–Crippen LogP) is 3.94. The van der Waals surface area contributed by atoms with Gasteiger partial charge in [-0.15, -0.1) is 0 Å². The fourth-order valence-electron chi connectivity index (χ4n) is 1.73. The minimum absolute atomic E-state index is 0.118. The van der Waals surface area contributed by atoms with Gasteiger partial charge in [0.1, 0.15) is 0 Å². The summed E-state index contributed by atoms with van der Waals surface area (Å²) in [6.07, 6.45) is 3.54. The number of nitrogens with zero attached hydrogens (tertiary/aromatic N) is 2. The number of halogens is 2. The molecule has 5 heteroatoms. The van der Waals surface area contributed by atoms with E-state index >= 15 is 0 Å². The zero-order chi connectivity index (χ0) is 13.8. The minimum atomic E-state index is 0.118. The lowest BCUT2D eigenvalue weighted by atomic mass is 10.1. The lowest BCUT2D eigenvalue weighted by molar-refractivity contribution is 0.566. The molecular formula is C14H15Cl2N3. The molecule has 0 saturated heterocycles. The van der Waals surface area contributed by atoms with Crippen LogP contribution in [0.2, 0.25) is 10.0 Å². The Bertz CT molecular complexity index is 555. The molecule has 2 aromatic rings. The largest absolute Gasteiger partial charge is 0.304 e. The van der Waals surface area contributed by atoms with Crippen molar-refractivity contribution in [3.05, 3.63) is 57.6 Å². The summed E-state index contributed by atoms with van der Waals surface area (Å²) in [7, 11) is 0. The second-order valence-corrected chi connectivity index (χ2v) is 5.26. The summed E-state index contributed by atoms with van der Waals surface area (Å²) >= 11 is 12.1. The van der Waals surface area contributed by atoms with Crippen LogP contribution in [0.4, 0.5) is 0 Å². The van der Waals surface area contributed by atoms with E-state index in [-0.39, 0.29) is 6.04 Å². The first kappa shape index (κ1) is 14.3. The Kier molecular flexibility index (Phi) is 4.75. The van der Waals surface area contributed by atoms with Crippen molar-refractivity contribution < 1.29 is 0 Å². The van der Waals surface area contributed by atoms with E-state index < -0.39 is 0 Å². The summed E-state index contributed by atoms with van der Waals surface area (Å²) < 4.78 is 0. The number of hydrogen-bond donors (Lipinski definition) is 1. The first-order chi connectivity index (χ1) is 9.06. The van der Waals surface area contributed by atoms with Crippen LogP contribution in [-0.4, -0.2) is 9.97 Å². The normalized spacial score (nSPS) is 12.4. The summed E-state index contributed by atoms with van der Waals surface area (Å²) in [5.41, 5.74) is 2.84. The molecule has 0 saturated carbocycles. The van der Waals surface area contributed by atoms with Crippen LogP contribution in [0.1, 0.15) is 29.9 Å². The SMILES string of the molecule is Cc1cnc(CNC(C)c2ccc(Cl)cc2Cl)cn1. The van der Waals surface area contributed by atoms with E-state index in [1.807, 2.05) is 19.1 Å². The van der Waals surface area contributed by atoms with Gasteiger partial charge in [0.25, 0.3) is 0 Å². The lowest BCUT2D eigenvalue weighted by Crippen LogP contribution is -2.19. The van der Waals surface area contributed by atoms with E-state index in [0.717, 1.165) is 17.0 Å². The van der Waals surface area contributed by atoms with Crippen molar-refractivity contribution in [2.24, 2.45) is 0 Å². The van der Waals surface area contributed by atoms with E-state index in [1.54, 1.807) is 18.5 Å². The number of rotatable bonds is 4. The molecule has 3 nitrogen and oxygen atoms in total. The molecule has 1 aromatic carbocycles. The van der Waals surface area contributed by atoms with Gasteiger partial charge in [-0.1, -0.05) is 29.3 Å². The van der Waals surface area contributed by atoms with E-state index in [1.165, 1.54) is 0 Å². The maximum Gasteiger partial charge on any atom is 0.0724 e. The van der Waals surface area contributed by atoms with Crippen molar-refractivity contribution in [1.82, 2.24) is 15.3 Å². The summed E-state index contributed by atoms with van der Waals surface area (Å²) in [4.78, 5) is 8.51. The van der Waals surface area contributed by atoms with Crippen LogP contribution < -0.4 is 5.32 Å².